The number of amides is 2. The van der Waals surface area contributed by atoms with Gasteiger partial charge < -0.3 is 10.2 Å². The summed E-state index contributed by atoms with van der Waals surface area (Å²) < 4.78 is 0. The van der Waals surface area contributed by atoms with E-state index < -0.39 is 12.1 Å². The molecule has 2 amide bonds. The van der Waals surface area contributed by atoms with Gasteiger partial charge in [-0.15, -0.1) is 0 Å². The summed E-state index contributed by atoms with van der Waals surface area (Å²) in [6.45, 7) is 6.02. The minimum atomic E-state index is -0.499. The predicted octanol–water partition coefficient (Wildman–Crippen LogP) is 2.26. The lowest BCUT2D eigenvalue weighted by Gasteiger charge is -2.44. The molecule has 21 heavy (non-hydrogen) atoms. The van der Waals surface area contributed by atoms with Crippen LogP contribution in [0.4, 0.5) is 0 Å². The Morgan fingerprint density at radius 3 is 2.33 bits per heavy atom. The van der Waals surface area contributed by atoms with Crippen LogP contribution in [0.1, 0.15) is 45.2 Å². The van der Waals surface area contributed by atoms with E-state index in [1.165, 1.54) is 0 Å². The Morgan fingerprint density at radius 1 is 1.19 bits per heavy atom. The molecule has 2 atom stereocenters. The topological polar surface area (TPSA) is 49.4 Å². The Bertz CT molecular complexity index is 563. The van der Waals surface area contributed by atoms with Gasteiger partial charge in [0.2, 0.25) is 11.8 Å². The Hall–Kier alpha value is -1.84. The van der Waals surface area contributed by atoms with Crippen LogP contribution >= 0.6 is 0 Å². The molecule has 4 nitrogen and oxygen atoms in total. The van der Waals surface area contributed by atoms with E-state index in [-0.39, 0.29) is 23.3 Å². The Balaban J connectivity index is 2.02. The quantitative estimate of drug-likeness (QED) is 0.926. The highest BCUT2D eigenvalue weighted by molar-refractivity contribution is 5.98. The normalized spacial score (nSPS) is 27.7. The summed E-state index contributed by atoms with van der Waals surface area (Å²) in [7, 11) is 0. The van der Waals surface area contributed by atoms with Crippen molar-refractivity contribution in [2.75, 3.05) is 0 Å². The highest BCUT2D eigenvalue weighted by Gasteiger charge is 2.54. The maximum Gasteiger partial charge on any atom is 0.248 e. The molecule has 2 aliphatic rings. The zero-order valence-corrected chi connectivity index (χ0v) is 12.8. The zero-order chi connectivity index (χ0) is 15.2. The largest absolute Gasteiger partial charge is 0.342 e. The average Bonchev–Trinajstić information content (AvgIpc) is 3.20. The first-order valence-corrected chi connectivity index (χ1v) is 7.62. The Labute approximate surface area is 125 Å². The molecule has 1 saturated heterocycles. The van der Waals surface area contributed by atoms with E-state index in [2.05, 4.69) is 12.2 Å². The van der Waals surface area contributed by atoms with Gasteiger partial charge in [0, 0.05) is 5.54 Å². The van der Waals surface area contributed by atoms with Crippen molar-refractivity contribution >= 4 is 11.8 Å². The molecule has 2 fully saturated rings. The molecule has 0 bridgehead atoms. The van der Waals surface area contributed by atoms with Crippen molar-refractivity contribution in [3.05, 3.63) is 35.9 Å². The summed E-state index contributed by atoms with van der Waals surface area (Å²) >= 11 is 0. The summed E-state index contributed by atoms with van der Waals surface area (Å²) in [5.74, 6) is 0.0918. The maximum atomic E-state index is 12.9. The van der Waals surface area contributed by atoms with Gasteiger partial charge in [0.05, 0.1) is 0 Å². The van der Waals surface area contributed by atoms with Crippen molar-refractivity contribution in [3.8, 4) is 0 Å². The Morgan fingerprint density at radius 2 is 1.81 bits per heavy atom. The van der Waals surface area contributed by atoms with Gasteiger partial charge in [-0.25, -0.2) is 0 Å². The smallest absolute Gasteiger partial charge is 0.248 e. The fraction of sp³-hybridized carbons (Fsp3) is 0.529. The van der Waals surface area contributed by atoms with Gasteiger partial charge in [-0.1, -0.05) is 44.2 Å². The maximum absolute atomic E-state index is 12.9. The van der Waals surface area contributed by atoms with Crippen LogP contribution in [0.25, 0.3) is 0 Å². The van der Waals surface area contributed by atoms with Crippen LogP contribution < -0.4 is 5.32 Å². The summed E-state index contributed by atoms with van der Waals surface area (Å²) in [6, 6.07) is 8.69. The van der Waals surface area contributed by atoms with E-state index in [1.807, 2.05) is 49.1 Å². The van der Waals surface area contributed by atoms with Crippen LogP contribution in [-0.2, 0) is 9.59 Å². The van der Waals surface area contributed by atoms with E-state index in [4.69, 9.17) is 0 Å². The summed E-state index contributed by atoms with van der Waals surface area (Å²) in [4.78, 5) is 27.4. The molecule has 2 unspecified atom stereocenters. The molecule has 1 aliphatic heterocycles. The van der Waals surface area contributed by atoms with Crippen molar-refractivity contribution < 1.29 is 9.59 Å². The van der Waals surface area contributed by atoms with E-state index in [9.17, 15) is 9.59 Å². The molecule has 112 valence electrons. The van der Waals surface area contributed by atoms with Gasteiger partial charge in [-0.2, -0.15) is 0 Å². The molecule has 1 aromatic carbocycles. The molecular formula is C17H22N2O2. The lowest BCUT2D eigenvalue weighted by molar-refractivity contribution is -0.154. The highest BCUT2D eigenvalue weighted by atomic mass is 16.2. The summed E-state index contributed by atoms with van der Waals surface area (Å²) in [6.07, 6.45) is 1.94. The van der Waals surface area contributed by atoms with Crippen LogP contribution in [0, 0.1) is 5.92 Å². The van der Waals surface area contributed by atoms with Crippen molar-refractivity contribution in [2.24, 2.45) is 5.92 Å². The summed E-state index contributed by atoms with van der Waals surface area (Å²) in [5.41, 5.74) is 0.723. The third kappa shape index (κ3) is 2.33. The number of piperazine rings is 1. The minimum absolute atomic E-state index is 0.0541. The van der Waals surface area contributed by atoms with Crippen LogP contribution in [0.3, 0.4) is 0 Å². The van der Waals surface area contributed by atoms with Gasteiger partial charge in [0.1, 0.15) is 12.1 Å². The first-order chi connectivity index (χ1) is 9.94. The lowest BCUT2D eigenvalue weighted by atomic mass is 9.92. The second-order valence-electron chi connectivity index (χ2n) is 6.75. The molecule has 1 heterocycles. The number of nitrogens with one attached hydrogen (secondary N) is 1. The van der Waals surface area contributed by atoms with Crippen molar-refractivity contribution in [3.63, 3.8) is 0 Å². The third-order valence-corrected chi connectivity index (χ3v) is 4.64. The fourth-order valence-corrected chi connectivity index (χ4v) is 3.08. The second-order valence-corrected chi connectivity index (χ2v) is 6.75. The lowest BCUT2D eigenvalue weighted by Crippen LogP contribution is -2.63. The van der Waals surface area contributed by atoms with Crippen LogP contribution in [-0.4, -0.2) is 28.3 Å². The molecule has 1 saturated carbocycles. The third-order valence-electron chi connectivity index (χ3n) is 4.64. The number of carbonyl (C=O) groups is 2. The number of rotatable bonds is 3. The van der Waals surface area contributed by atoms with Gasteiger partial charge in [-0.05, 0) is 31.2 Å². The van der Waals surface area contributed by atoms with E-state index in [1.54, 1.807) is 0 Å². The molecule has 0 radical (unpaired) electrons. The van der Waals surface area contributed by atoms with Crippen molar-refractivity contribution in [1.29, 1.82) is 0 Å². The SMILES string of the molecule is CC(C)C1NC(=O)C(c2ccccc2)N(C2(C)CC2)C1=O. The second kappa shape index (κ2) is 4.86. The molecule has 1 aromatic rings. The molecule has 3 rings (SSSR count). The Kier molecular flexibility index (Phi) is 3.27. The standard InChI is InChI=1S/C17H22N2O2/c1-11(2)13-16(21)19(17(3)9-10-17)14(15(20)18-13)12-7-5-4-6-8-12/h4-8,11,13-14H,9-10H2,1-3H3,(H,18,20). The number of hydrogen-bond acceptors (Lipinski definition) is 2. The predicted molar refractivity (Wildman–Crippen MR) is 80.4 cm³/mol. The number of benzene rings is 1. The average molecular weight is 286 g/mol. The van der Waals surface area contributed by atoms with Crippen LogP contribution in [0.5, 0.6) is 0 Å². The number of carbonyl (C=O) groups excluding carboxylic acids is 2. The van der Waals surface area contributed by atoms with E-state index >= 15 is 0 Å². The molecule has 1 aliphatic carbocycles. The fourth-order valence-electron chi connectivity index (χ4n) is 3.08. The van der Waals surface area contributed by atoms with Crippen molar-refractivity contribution in [2.45, 2.75) is 51.2 Å². The monoisotopic (exact) mass is 286 g/mol. The van der Waals surface area contributed by atoms with Gasteiger partial charge in [0.25, 0.3) is 0 Å². The first kappa shape index (κ1) is 14.1. The van der Waals surface area contributed by atoms with Crippen molar-refractivity contribution in [1.82, 2.24) is 10.2 Å². The number of hydrogen-bond donors (Lipinski definition) is 1. The zero-order valence-electron chi connectivity index (χ0n) is 12.8. The molecule has 4 heteroatoms. The van der Waals surface area contributed by atoms with Crippen LogP contribution in [0.15, 0.2) is 30.3 Å². The highest BCUT2D eigenvalue weighted by Crippen LogP contribution is 2.47. The molecule has 1 N–H and O–H groups in total. The van der Waals surface area contributed by atoms with E-state index in [0.717, 1.165) is 18.4 Å². The first-order valence-electron chi connectivity index (χ1n) is 7.62. The van der Waals surface area contributed by atoms with Gasteiger partial charge in [0.15, 0.2) is 0 Å². The van der Waals surface area contributed by atoms with E-state index in [0.29, 0.717) is 0 Å². The molecule has 0 spiro atoms. The van der Waals surface area contributed by atoms with Gasteiger partial charge in [-0.3, -0.25) is 9.59 Å². The van der Waals surface area contributed by atoms with Crippen LogP contribution in [0.2, 0.25) is 0 Å². The summed E-state index contributed by atoms with van der Waals surface area (Å²) in [5, 5.41) is 2.91. The van der Waals surface area contributed by atoms with Gasteiger partial charge >= 0.3 is 0 Å². The number of nitrogens with zero attached hydrogens (tertiary/aromatic N) is 1. The minimum Gasteiger partial charge on any atom is -0.342 e. The molecule has 0 aromatic heterocycles. The molecular weight excluding hydrogens is 264 g/mol.